The fourth-order valence-corrected chi connectivity index (χ4v) is 2.16. The lowest BCUT2D eigenvalue weighted by Crippen LogP contribution is -2.18. The molecule has 7 heteroatoms. The Balaban J connectivity index is 2.00. The highest BCUT2D eigenvalue weighted by Gasteiger charge is 2.04. The zero-order valence-corrected chi connectivity index (χ0v) is 12.3. The number of nitrogens with one attached hydrogen (secondary N) is 1. The molecule has 100 valence electrons. The average Bonchev–Trinajstić information content (AvgIpc) is 2.77. The minimum atomic E-state index is -0.424. The number of anilines is 1. The Bertz CT molecular complexity index is 599. The molecule has 2 aromatic rings. The number of rotatable bonds is 5. The Morgan fingerprint density at radius 1 is 1.53 bits per heavy atom. The number of nitrogens with two attached hydrogens (primary N) is 1. The topological polar surface area (TPSA) is 72.9 Å². The van der Waals surface area contributed by atoms with Crippen molar-refractivity contribution in [3.8, 4) is 0 Å². The molecule has 0 atom stereocenters. The lowest BCUT2D eigenvalue weighted by molar-refractivity contribution is -0.118. The quantitative estimate of drug-likeness (QED) is 0.875. The molecule has 0 fully saturated rings. The number of nitrogens with zero attached hydrogens (tertiary/aromatic N) is 2. The van der Waals surface area contributed by atoms with Crippen LogP contribution >= 0.6 is 27.5 Å². The maximum atomic E-state index is 10.8. The van der Waals surface area contributed by atoms with E-state index in [1.165, 1.54) is 4.68 Å². The number of amides is 1. The summed E-state index contributed by atoms with van der Waals surface area (Å²) in [4.78, 5) is 10.8. The van der Waals surface area contributed by atoms with Crippen molar-refractivity contribution in [1.82, 2.24) is 9.78 Å². The Kier molecular flexibility index (Phi) is 4.44. The summed E-state index contributed by atoms with van der Waals surface area (Å²) in [5, 5.41) is 7.91. The van der Waals surface area contributed by atoms with Crippen molar-refractivity contribution in [2.45, 2.75) is 13.1 Å². The SMILES string of the molecule is NC(=O)Cn1cc(NCc2cc(Cl)ccc2Br)cn1. The maximum Gasteiger partial charge on any atom is 0.239 e. The molecular weight excluding hydrogens is 332 g/mol. The van der Waals surface area contributed by atoms with Crippen molar-refractivity contribution in [3.63, 3.8) is 0 Å². The second-order valence-electron chi connectivity index (χ2n) is 3.98. The zero-order chi connectivity index (χ0) is 13.8. The van der Waals surface area contributed by atoms with E-state index in [0.29, 0.717) is 11.6 Å². The van der Waals surface area contributed by atoms with Gasteiger partial charge in [-0.05, 0) is 23.8 Å². The molecule has 0 saturated heterocycles. The van der Waals surface area contributed by atoms with E-state index in [0.717, 1.165) is 15.7 Å². The van der Waals surface area contributed by atoms with Gasteiger partial charge in [-0.3, -0.25) is 9.48 Å². The third-order valence-electron chi connectivity index (χ3n) is 2.44. The maximum absolute atomic E-state index is 10.8. The Morgan fingerprint density at radius 2 is 2.32 bits per heavy atom. The molecule has 0 unspecified atom stereocenters. The summed E-state index contributed by atoms with van der Waals surface area (Å²) in [7, 11) is 0. The van der Waals surface area contributed by atoms with Gasteiger partial charge in [-0.25, -0.2) is 0 Å². The van der Waals surface area contributed by atoms with Crippen molar-refractivity contribution in [2.75, 3.05) is 5.32 Å². The molecular formula is C12H12BrClN4O. The van der Waals surface area contributed by atoms with E-state index in [1.807, 2.05) is 18.2 Å². The fraction of sp³-hybridized carbons (Fsp3) is 0.167. The number of carbonyl (C=O) groups is 1. The molecule has 5 nitrogen and oxygen atoms in total. The first-order valence-electron chi connectivity index (χ1n) is 5.53. The molecule has 2 rings (SSSR count). The molecule has 0 aliphatic heterocycles. The summed E-state index contributed by atoms with van der Waals surface area (Å²) in [6, 6.07) is 5.60. The molecule has 0 saturated carbocycles. The minimum absolute atomic E-state index is 0.0720. The summed E-state index contributed by atoms with van der Waals surface area (Å²) in [5.41, 5.74) is 6.94. The molecule has 1 aromatic carbocycles. The van der Waals surface area contributed by atoms with Crippen LogP contribution in [0.3, 0.4) is 0 Å². The number of aromatic nitrogens is 2. The van der Waals surface area contributed by atoms with Crippen molar-refractivity contribution in [2.24, 2.45) is 5.73 Å². The van der Waals surface area contributed by atoms with Crippen LogP contribution in [0.15, 0.2) is 35.1 Å². The van der Waals surface area contributed by atoms with E-state index in [9.17, 15) is 4.79 Å². The van der Waals surface area contributed by atoms with Crippen LogP contribution in [-0.2, 0) is 17.9 Å². The third kappa shape index (κ3) is 3.97. The molecule has 1 heterocycles. The predicted molar refractivity (Wildman–Crippen MR) is 77.9 cm³/mol. The number of carbonyl (C=O) groups excluding carboxylic acids is 1. The predicted octanol–water partition coefficient (Wildman–Crippen LogP) is 2.40. The van der Waals surface area contributed by atoms with Gasteiger partial charge in [0.2, 0.25) is 5.91 Å². The van der Waals surface area contributed by atoms with Crippen LogP contribution in [0.2, 0.25) is 5.02 Å². The third-order valence-corrected chi connectivity index (χ3v) is 3.45. The zero-order valence-electron chi connectivity index (χ0n) is 9.94. The highest BCUT2D eigenvalue weighted by atomic mass is 79.9. The number of hydrogen-bond donors (Lipinski definition) is 2. The van der Waals surface area contributed by atoms with Gasteiger partial charge >= 0.3 is 0 Å². The molecule has 0 radical (unpaired) electrons. The first kappa shape index (κ1) is 13.9. The van der Waals surface area contributed by atoms with Gasteiger partial charge in [0.15, 0.2) is 0 Å². The average molecular weight is 344 g/mol. The monoisotopic (exact) mass is 342 g/mol. The van der Waals surface area contributed by atoms with E-state index in [1.54, 1.807) is 12.4 Å². The van der Waals surface area contributed by atoms with Crippen molar-refractivity contribution < 1.29 is 4.79 Å². The molecule has 19 heavy (non-hydrogen) atoms. The van der Waals surface area contributed by atoms with Crippen LogP contribution in [0.1, 0.15) is 5.56 Å². The number of halogens is 2. The van der Waals surface area contributed by atoms with Gasteiger partial charge in [-0.2, -0.15) is 5.10 Å². The van der Waals surface area contributed by atoms with Gasteiger partial charge in [-0.15, -0.1) is 0 Å². The van der Waals surface area contributed by atoms with E-state index in [-0.39, 0.29) is 6.54 Å². The number of primary amides is 1. The van der Waals surface area contributed by atoms with Gasteiger partial charge in [0, 0.05) is 22.2 Å². The normalized spacial score (nSPS) is 10.4. The summed E-state index contributed by atoms with van der Waals surface area (Å²) < 4.78 is 2.46. The lowest BCUT2D eigenvalue weighted by Gasteiger charge is -2.06. The largest absolute Gasteiger partial charge is 0.378 e. The number of hydrogen-bond acceptors (Lipinski definition) is 3. The molecule has 1 amide bonds. The van der Waals surface area contributed by atoms with Crippen LogP contribution in [0.4, 0.5) is 5.69 Å². The molecule has 1 aromatic heterocycles. The smallest absolute Gasteiger partial charge is 0.239 e. The Hall–Kier alpha value is -1.53. The number of benzene rings is 1. The Labute approximate surface area is 123 Å². The van der Waals surface area contributed by atoms with E-state index >= 15 is 0 Å². The van der Waals surface area contributed by atoms with Crippen molar-refractivity contribution >= 4 is 39.1 Å². The molecule has 0 aliphatic carbocycles. The molecule has 3 N–H and O–H groups in total. The summed E-state index contributed by atoms with van der Waals surface area (Å²) in [6.07, 6.45) is 3.37. The standard InChI is InChI=1S/C12H12BrClN4O/c13-11-2-1-9(14)3-8(11)4-16-10-5-17-18(6-10)7-12(15)19/h1-3,5-6,16H,4,7H2,(H2,15,19). The molecule has 0 bridgehead atoms. The van der Waals surface area contributed by atoms with Crippen LogP contribution in [0, 0.1) is 0 Å². The molecule has 0 spiro atoms. The second kappa shape index (κ2) is 6.08. The van der Waals surface area contributed by atoms with E-state index in [4.69, 9.17) is 17.3 Å². The van der Waals surface area contributed by atoms with Gasteiger partial charge in [0.1, 0.15) is 6.54 Å². The fourth-order valence-electron chi connectivity index (χ4n) is 1.58. The van der Waals surface area contributed by atoms with Gasteiger partial charge in [0.25, 0.3) is 0 Å². The summed E-state index contributed by atoms with van der Waals surface area (Å²) in [5.74, 6) is -0.424. The minimum Gasteiger partial charge on any atom is -0.378 e. The van der Waals surface area contributed by atoms with Gasteiger partial charge < -0.3 is 11.1 Å². The van der Waals surface area contributed by atoms with Crippen molar-refractivity contribution in [1.29, 1.82) is 0 Å². The highest BCUT2D eigenvalue weighted by molar-refractivity contribution is 9.10. The Morgan fingerprint density at radius 3 is 3.05 bits per heavy atom. The lowest BCUT2D eigenvalue weighted by atomic mass is 10.2. The first-order chi connectivity index (χ1) is 9.04. The van der Waals surface area contributed by atoms with Crippen molar-refractivity contribution in [3.05, 3.63) is 45.7 Å². The first-order valence-corrected chi connectivity index (χ1v) is 6.70. The van der Waals surface area contributed by atoms with Gasteiger partial charge in [-0.1, -0.05) is 27.5 Å². The van der Waals surface area contributed by atoms with E-state index in [2.05, 4.69) is 26.3 Å². The highest BCUT2D eigenvalue weighted by Crippen LogP contribution is 2.22. The van der Waals surface area contributed by atoms with Gasteiger partial charge in [0.05, 0.1) is 11.9 Å². The second-order valence-corrected chi connectivity index (χ2v) is 5.27. The van der Waals surface area contributed by atoms with Crippen LogP contribution in [0.25, 0.3) is 0 Å². The van der Waals surface area contributed by atoms with E-state index < -0.39 is 5.91 Å². The van der Waals surface area contributed by atoms with Crippen LogP contribution in [-0.4, -0.2) is 15.7 Å². The van der Waals surface area contributed by atoms with Crippen LogP contribution in [0.5, 0.6) is 0 Å². The summed E-state index contributed by atoms with van der Waals surface area (Å²) >= 11 is 9.40. The summed E-state index contributed by atoms with van der Waals surface area (Å²) in [6.45, 7) is 0.673. The molecule has 0 aliphatic rings. The van der Waals surface area contributed by atoms with Crippen LogP contribution < -0.4 is 11.1 Å².